The molecule has 0 spiro atoms. The van der Waals surface area contributed by atoms with Gasteiger partial charge in [-0.25, -0.2) is 9.07 Å². The molecule has 0 fully saturated rings. The molecule has 8 nitrogen and oxygen atoms in total. The van der Waals surface area contributed by atoms with Gasteiger partial charge < -0.3 is 15.6 Å². The van der Waals surface area contributed by atoms with Crippen LogP contribution in [0.2, 0.25) is 5.02 Å². The molecule has 10 heteroatoms. The summed E-state index contributed by atoms with van der Waals surface area (Å²) in [4.78, 5) is 27.6. The van der Waals surface area contributed by atoms with Crippen LogP contribution in [-0.2, 0) is 29.1 Å². The van der Waals surface area contributed by atoms with Crippen molar-refractivity contribution in [2.45, 2.75) is 19.5 Å². The van der Waals surface area contributed by atoms with Crippen LogP contribution in [0.25, 0.3) is 10.9 Å². The molecule has 2 aromatic carbocycles. The van der Waals surface area contributed by atoms with Gasteiger partial charge in [0.1, 0.15) is 18.1 Å². The summed E-state index contributed by atoms with van der Waals surface area (Å²) in [6.07, 6.45) is 3.64. The molecule has 31 heavy (non-hydrogen) atoms. The summed E-state index contributed by atoms with van der Waals surface area (Å²) in [5, 5.41) is 14.2. The van der Waals surface area contributed by atoms with Crippen LogP contribution in [-0.4, -0.2) is 31.8 Å². The third-order valence-corrected chi connectivity index (χ3v) is 4.88. The largest absolute Gasteiger partial charge is 0.361 e. The van der Waals surface area contributed by atoms with Crippen molar-refractivity contribution in [1.82, 2.24) is 25.3 Å². The van der Waals surface area contributed by atoms with Crippen molar-refractivity contribution in [3.63, 3.8) is 0 Å². The van der Waals surface area contributed by atoms with Gasteiger partial charge in [0.2, 0.25) is 11.8 Å². The lowest BCUT2D eigenvalue weighted by Crippen LogP contribution is -2.24. The number of anilines is 1. The zero-order chi connectivity index (χ0) is 21.8. The first-order valence-corrected chi connectivity index (χ1v) is 9.81. The molecule has 2 amide bonds. The molecular formula is C21H18ClFN6O2. The van der Waals surface area contributed by atoms with E-state index in [1.807, 2.05) is 30.5 Å². The van der Waals surface area contributed by atoms with Gasteiger partial charge in [0, 0.05) is 22.8 Å². The van der Waals surface area contributed by atoms with E-state index < -0.39 is 5.82 Å². The molecule has 0 saturated carbocycles. The second-order valence-electron chi connectivity index (χ2n) is 6.90. The number of aromatic nitrogens is 4. The van der Waals surface area contributed by atoms with Crippen LogP contribution < -0.4 is 10.6 Å². The fraction of sp³-hybridized carbons (Fsp3) is 0.143. The van der Waals surface area contributed by atoms with Crippen molar-refractivity contribution < 1.29 is 14.0 Å². The van der Waals surface area contributed by atoms with Gasteiger partial charge in [-0.15, -0.1) is 5.10 Å². The van der Waals surface area contributed by atoms with Crippen LogP contribution in [0.5, 0.6) is 0 Å². The highest BCUT2D eigenvalue weighted by Gasteiger charge is 2.11. The van der Waals surface area contributed by atoms with Crippen molar-refractivity contribution in [3.8, 4) is 0 Å². The monoisotopic (exact) mass is 440 g/mol. The third kappa shape index (κ3) is 5.07. The average molecular weight is 441 g/mol. The number of carbonyl (C=O) groups is 2. The summed E-state index contributed by atoms with van der Waals surface area (Å²) in [6, 6.07) is 11.7. The molecule has 0 atom stereocenters. The molecule has 0 aliphatic carbocycles. The van der Waals surface area contributed by atoms with Crippen molar-refractivity contribution >= 4 is 40.0 Å². The summed E-state index contributed by atoms with van der Waals surface area (Å²) in [5.74, 6) is -1.08. The minimum atomic E-state index is -0.563. The fourth-order valence-electron chi connectivity index (χ4n) is 3.12. The Kier molecular flexibility index (Phi) is 5.94. The number of aromatic amines is 1. The first-order valence-electron chi connectivity index (χ1n) is 9.43. The topological polar surface area (TPSA) is 105 Å². The van der Waals surface area contributed by atoms with Gasteiger partial charge in [-0.05, 0) is 29.8 Å². The molecule has 2 aromatic heterocycles. The van der Waals surface area contributed by atoms with Crippen LogP contribution in [0.3, 0.4) is 0 Å². The molecule has 0 aliphatic rings. The van der Waals surface area contributed by atoms with Crippen LogP contribution >= 0.6 is 11.6 Å². The highest BCUT2D eigenvalue weighted by molar-refractivity contribution is 6.31. The number of hydrogen-bond donors (Lipinski definition) is 3. The van der Waals surface area contributed by atoms with Gasteiger partial charge >= 0.3 is 0 Å². The number of H-pyrrole nitrogens is 1. The molecule has 3 N–H and O–H groups in total. The smallest absolute Gasteiger partial charge is 0.246 e. The molecule has 0 radical (unpaired) electrons. The normalized spacial score (nSPS) is 10.9. The Morgan fingerprint density at radius 2 is 2.00 bits per heavy atom. The SMILES string of the molecule is O=C(Cc1c[nH]c2ccccc12)NCc1cn(CC(=O)Nc2ccc(F)c(Cl)c2)nn1. The lowest BCUT2D eigenvalue weighted by atomic mass is 10.1. The first-order chi connectivity index (χ1) is 15.0. The molecule has 4 aromatic rings. The van der Waals surface area contributed by atoms with Gasteiger partial charge in [0.05, 0.1) is 24.2 Å². The maximum atomic E-state index is 13.2. The fourth-order valence-corrected chi connectivity index (χ4v) is 3.30. The number of halogens is 2. The van der Waals surface area contributed by atoms with Gasteiger partial charge in [-0.3, -0.25) is 9.59 Å². The molecule has 0 bridgehead atoms. The van der Waals surface area contributed by atoms with E-state index in [9.17, 15) is 14.0 Å². The summed E-state index contributed by atoms with van der Waals surface area (Å²) in [6.45, 7) is 0.0989. The number of nitrogens with zero attached hydrogens (tertiary/aromatic N) is 3. The molecule has 4 rings (SSSR count). The van der Waals surface area contributed by atoms with Gasteiger partial charge in [0.15, 0.2) is 0 Å². The van der Waals surface area contributed by atoms with Gasteiger partial charge in [-0.1, -0.05) is 35.0 Å². The number of nitrogens with one attached hydrogen (secondary N) is 3. The van der Waals surface area contributed by atoms with E-state index in [1.54, 1.807) is 6.20 Å². The number of hydrogen-bond acceptors (Lipinski definition) is 4. The summed E-state index contributed by atoms with van der Waals surface area (Å²) < 4.78 is 14.5. The number of fused-ring (bicyclic) bond motifs is 1. The van der Waals surface area contributed by atoms with Crippen LogP contribution in [0.1, 0.15) is 11.3 Å². The van der Waals surface area contributed by atoms with E-state index in [0.717, 1.165) is 16.5 Å². The number of carbonyl (C=O) groups excluding carboxylic acids is 2. The van der Waals surface area contributed by atoms with Crippen molar-refractivity contribution in [2.24, 2.45) is 0 Å². The first kappa shape index (κ1) is 20.5. The number of benzene rings is 2. The van der Waals surface area contributed by atoms with Crippen molar-refractivity contribution in [3.05, 3.63) is 77.0 Å². The van der Waals surface area contributed by atoms with E-state index in [2.05, 4.69) is 25.9 Å². The molecule has 158 valence electrons. The summed E-state index contributed by atoms with van der Waals surface area (Å²) in [7, 11) is 0. The minimum Gasteiger partial charge on any atom is -0.361 e. The number of para-hydroxylation sites is 1. The molecular weight excluding hydrogens is 423 g/mol. The second-order valence-corrected chi connectivity index (χ2v) is 7.30. The number of rotatable bonds is 7. The van der Waals surface area contributed by atoms with E-state index in [1.165, 1.54) is 22.9 Å². The average Bonchev–Trinajstić information content (AvgIpc) is 3.36. The standard InChI is InChI=1S/C21H18ClFN6O2/c22-17-8-14(5-6-18(17)23)26-21(31)12-29-11-15(27-28-29)10-25-20(30)7-13-9-24-19-4-2-1-3-16(13)19/h1-6,8-9,11,24H,7,10,12H2,(H,25,30)(H,26,31). The van der Waals surface area contributed by atoms with Crippen LogP contribution in [0.4, 0.5) is 10.1 Å². The Labute approximate surface area is 181 Å². The second kappa shape index (κ2) is 8.97. The Hall–Kier alpha value is -3.72. The maximum Gasteiger partial charge on any atom is 0.246 e. The molecule has 0 aliphatic heterocycles. The Balaban J connectivity index is 1.28. The van der Waals surface area contributed by atoms with Crippen molar-refractivity contribution in [2.75, 3.05) is 5.32 Å². The van der Waals surface area contributed by atoms with Crippen LogP contribution in [0, 0.1) is 5.82 Å². The molecule has 0 saturated heterocycles. The molecule has 0 unspecified atom stereocenters. The van der Waals surface area contributed by atoms with E-state index in [0.29, 0.717) is 11.4 Å². The maximum absolute atomic E-state index is 13.2. The zero-order valence-electron chi connectivity index (χ0n) is 16.2. The third-order valence-electron chi connectivity index (χ3n) is 4.59. The number of amides is 2. The summed E-state index contributed by atoms with van der Waals surface area (Å²) >= 11 is 5.70. The summed E-state index contributed by atoms with van der Waals surface area (Å²) in [5.41, 5.74) is 2.79. The predicted octanol–water partition coefficient (Wildman–Crippen LogP) is 3.05. The van der Waals surface area contributed by atoms with E-state index in [-0.39, 0.29) is 36.3 Å². The van der Waals surface area contributed by atoms with E-state index in [4.69, 9.17) is 11.6 Å². The van der Waals surface area contributed by atoms with Gasteiger partial charge in [-0.2, -0.15) is 0 Å². The van der Waals surface area contributed by atoms with E-state index >= 15 is 0 Å². The lowest BCUT2D eigenvalue weighted by molar-refractivity contribution is -0.120. The predicted molar refractivity (Wildman–Crippen MR) is 114 cm³/mol. The highest BCUT2D eigenvalue weighted by atomic mass is 35.5. The lowest BCUT2D eigenvalue weighted by Gasteiger charge is -2.05. The minimum absolute atomic E-state index is 0.0794. The van der Waals surface area contributed by atoms with Crippen LogP contribution in [0.15, 0.2) is 54.9 Å². The Bertz CT molecular complexity index is 1250. The van der Waals surface area contributed by atoms with Gasteiger partial charge in [0.25, 0.3) is 0 Å². The highest BCUT2D eigenvalue weighted by Crippen LogP contribution is 2.19. The quantitative estimate of drug-likeness (QED) is 0.410. The molecule has 2 heterocycles. The Morgan fingerprint density at radius 1 is 1.16 bits per heavy atom. The Morgan fingerprint density at radius 3 is 2.84 bits per heavy atom. The zero-order valence-corrected chi connectivity index (χ0v) is 17.0. The van der Waals surface area contributed by atoms with Crippen molar-refractivity contribution in [1.29, 1.82) is 0 Å².